The lowest BCUT2D eigenvalue weighted by Crippen LogP contribution is -2.52. The van der Waals surface area contributed by atoms with Crippen LogP contribution in [0, 0.1) is 10.8 Å². The maximum atomic E-state index is 12.7. The number of phenolic OH excluding ortho intramolecular Hbond substituents is 2. The van der Waals surface area contributed by atoms with Crippen molar-refractivity contribution in [2.24, 2.45) is 15.9 Å². The van der Waals surface area contributed by atoms with Crippen molar-refractivity contribution in [2.45, 2.75) is 39.2 Å². The number of phenols is 2. The molecule has 0 unspecified atom stereocenters. The number of amides is 1. The van der Waals surface area contributed by atoms with Crippen molar-refractivity contribution in [3.8, 4) is 11.5 Å². The van der Waals surface area contributed by atoms with Gasteiger partial charge in [-0.1, -0.05) is 13.8 Å². The molecular weight excluding hydrogens is 312 g/mol. The van der Waals surface area contributed by atoms with E-state index in [0.717, 1.165) is 0 Å². The summed E-state index contributed by atoms with van der Waals surface area (Å²) in [5.74, 6) is -1.06. The number of hydrogen-bond donors (Lipinski definition) is 3. The zero-order chi connectivity index (χ0) is 17.8. The van der Waals surface area contributed by atoms with E-state index in [1.165, 1.54) is 24.4 Å². The molecule has 1 aliphatic carbocycles. The normalized spacial score (nSPS) is 30.5. The molecular formula is C17H20N2O5. The third kappa shape index (κ3) is 1.93. The van der Waals surface area contributed by atoms with Gasteiger partial charge in [-0.05, 0) is 31.9 Å². The molecule has 0 aromatic heterocycles. The van der Waals surface area contributed by atoms with Crippen LogP contribution in [-0.2, 0) is 14.3 Å². The van der Waals surface area contributed by atoms with E-state index in [1.807, 2.05) is 20.8 Å². The largest absolute Gasteiger partial charge is 0.508 e. The van der Waals surface area contributed by atoms with Crippen molar-refractivity contribution < 1.29 is 24.5 Å². The van der Waals surface area contributed by atoms with Crippen LogP contribution in [0.1, 0.15) is 39.2 Å². The summed E-state index contributed by atoms with van der Waals surface area (Å²) in [7, 11) is 0. The molecule has 1 saturated heterocycles. The number of benzene rings is 1. The van der Waals surface area contributed by atoms with Crippen LogP contribution in [0.3, 0.4) is 0 Å². The minimum Gasteiger partial charge on any atom is -0.508 e. The number of ether oxygens (including phenoxy) is 1. The molecule has 1 saturated carbocycles. The number of aromatic hydroxyl groups is 2. The minimum absolute atomic E-state index is 0.0718. The molecule has 1 aliphatic heterocycles. The molecule has 0 spiro atoms. The molecule has 1 heterocycles. The molecule has 0 radical (unpaired) electrons. The van der Waals surface area contributed by atoms with Crippen LogP contribution >= 0.6 is 0 Å². The first-order valence-corrected chi connectivity index (χ1v) is 7.73. The van der Waals surface area contributed by atoms with Gasteiger partial charge in [0.2, 0.25) is 0 Å². The van der Waals surface area contributed by atoms with E-state index in [4.69, 9.17) is 4.74 Å². The Morgan fingerprint density at radius 1 is 1.29 bits per heavy atom. The molecule has 1 aromatic carbocycles. The summed E-state index contributed by atoms with van der Waals surface area (Å²) >= 11 is 0. The van der Waals surface area contributed by atoms with Gasteiger partial charge in [0, 0.05) is 17.0 Å². The van der Waals surface area contributed by atoms with Crippen LogP contribution in [0.4, 0.5) is 0 Å². The van der Waals surface area contributed by atoms with Gasteiger partial charge in [0.15, 0.2) is 5.60 Å². The average molecular weight is 332 g/mol. The van der Waals surface area contributed by atoms with Gasteiger partial charge >= 0.3 is 5.97 Å². The van der Waals surface area contributed by atoms with E-state index in [1.54, 1.807) is 0 Å². The van der Waals surface area contributed by atoms with Crippen LogP contribution in [0.2, 0.25) is 0 Å². The van der Waals surface area contributed by atoms with Crippen molar-refractivity contribution in [3.05, 3.63) is 23.8 Å². The highest BCUT2D eigenvalue weighted by atomic mass is 16.6. The fourth-order valence-electron chi connectivity index (χ4n) is 3.64. The molecule has 1 amide bonds. The molecule has 1 aromatic rings. The Labute approximate surface area is 139 Å². The number of nitrogens with one attached hydrogen (secondary N) is 1. The predicted molar refractivity (Wildman–Crippen MR) is 85.5 cm³/mol. The number of nitrogens with zero attached hydrogens (tertiary/aromatic N) is 1. The monoisotopic (exact) mass is 332 g/mol. The van der Waals surface area contributed by atoms with Crippen molar-refractivity contribution >= 4 is 18.1 Å². The highest BCUT2D eigenvalue weighted by Crippen LogP contribution is 2.65. The Morgan fingerprint density at radius 2 is 2.00 bits per heavy atom. The molecule has 3 rings (SSSR count). The summed E-state index contributed by atoms with van der Waals surface area (Å²) < 4.78 is 5.46. The predicted octanol–water partition coefficient (Wildman–Crippen LogP) is 1.67. The minimum atomic E-state index is -1.23. The molecule has 2 fully saturated rings. The summed E-state index contributed by atoms with van der Waals surface area (Å²) in [6.45, 7) is 5.55. The SMILES string of the molecule is CC1(C)[C@@]2(C)CC[C@]1(C(=O)N/N=C\c1ccc(O)cc1O)OC2=O. The maximum Gasteiger partial charge on any atom is 0.313 e. The van der Waals surface area contributed by atoms with Gasteiger partial charge < -0.3 is 14.9 Å². The van der Waals surface area contributed by atoms with Crippen molar-refractivity contribution in [1.82, 2.24) is 5.43 Å². The lowest BCUT2D eigenvalue weighted by molar-refractivity contribution is -0.168. The number of fused-ring (bicyclic) bond motifs is 2. The Kier molecular flexibility index (Phi) is 3.37. The molecule has 7 heteroatoms. The summed E-state index contributed by atoms with van der Waals surface area (Å²) in [5, 5.41) is 22.8. The van der Waals surface area contributed by atoms with Crippen LogP contribution in [0.15, 0.2) is 23.3 Å². The number of hydrazone groups is 1. The highest BCUT2D eigenvalue weighted by molar-refractivity contribution is 5.96. The lowest BCUT2D eigenvalue weighted by atomic mass is 9.66. The quantitative estimate of drug-likeness (QED) is 0.443. The molecule has 2 aliphatic rings. The van der Waals surface area contributed by atoms with Gasteiger partial charge in [-0.2, -0.15) is 5.10 Å². The van der Waals surface area contributed by atoms with Crippen LogP contribution in [0.5, 0.6) is 11.5 Å². The number of hydrogen-bond acceptors (Lipinski definition) is 6. The van der Waals surface area contributed by atoms with E-state index in [9.17, 15) is 19.8 Å². The molecule has 2 atom stereocenters. The van der Waals surface area contributed by atoms with E-state index in [0.29, 0.717) is 18.4 Å². The summed E-state index contributed by atoms with van der Waals surface area (Å²) in [6, 6.07) is 4.03. The van der Waals surface area contributed by atoms with Crippen molar-refractivity contribution in [3.63, 3.8) is 0 Å². The maximum absolute atomic E-state index is 12.7. The van der Waals surface area contributed by atoms with E-state index < -0.39 is 22.3 Å². The third-order valence-corrected chi connectivity index (χ3v) is 5.83. The Bertz CT molecular complexity index is 757. The van der Waals surface area contributed by atoms with Crippen LogP contribution in [-0.4, -0.2) is 33.9 Å². The van der Waals surface area contributed by atoms with E-state index in [-0.39, 0.29) is 17.5 Å². The zero-order valence-electron chi connectivity index (χ0n) is 13.8. The molecule has 7 nitrogen and oxygen atoms in total. The standard InChI is InChI=1S/C17H20N2O5/c1-15(2)16(3)6-7-17(15,24-14(16)23)13(22)19-18-9-10-4-5-11(20)8-12(10)21/h4-5,8-9,20-21H,6-7H2,1-3H3,(H,19,22)/b18-9-/t16-,17+/m0/s1. The second kappa shape index (κ2) is 4.96. The van der Waals surface area contributed by atoms with Crippen molar-refractivity contribution in [2.75, 3.05) is 0 Å². The van der Waals surface area contributed by atoms with Crippen LogP contribution in [0.25, 0.3) is 0 Å². The Morgan fingerprint density at radius 3 is 2.54 bits per heavy atom. The highest BCUT2D eigenvalue weighted by Gasteiger charge is 2.75. The number of carbonyl (C=O) groups is 2. The number of rotatable bonds is 3. The van der Waals surface area contributed by atoms with Gasteiger partial charge in [0.05, 0.1) is 11.6 Å². The fourth-order valence-corrected chi connectivity index (χ4v) is 3.64. The molecule has 128 valence electrons. The Hall–Kier alpha value is -2.57. The third-order valence-electron chi connectivity index (χ3n) is 5.83. The summed E-state index contributed by atoms with van der Waals surface area (Å²) in [4.78, 5) is 24.8. The summed E-state index contributed by atoms with van der Waals surface area (Å²) in [6.07, 6.45) is 2.31. The van der Waals surface area contributed by atoms with Crippen LogP contribution < -0.4 is 5.43 Å². The molecule has 3 N–H and O–H groups in total. The topological polar surface area (TPSA) is 108 Å². The van der Waals surface area contributed by atoms with E-state index >= 15 is 0 Å². The zero-order valence-corrected chi connectivity index (χ0v) is 13.8. The van der Waals surface area contributed by atoms with Gasteiger partial charge in [0.1, 0.15) is 11.5 Å². The first kappa shape index (κ1) is 16.3. The smallest absolute Gasteiger partial charge is 0.313 e. The molecule has 2 bridgehead atoms. The van der Waals surface area contributed by atoms with Gasteiger partial charge in [0.25, 0.3) is 5.91 Å². The van der Waals surface area contributed by atoms with Gasteiger partial charge in [-0.3, -0.25) is 9.59 Å². The fraction of sp³-hybridized carbons (Fsp3) is 0.471. The first-order chi connectivity index (χ1) is 11.1. The van der Waals surface area contributed by atoms with Crippen molar-refractivity contribution in [1.29, 1.82) is 0 Å². The van der Waals surface area contributed by atoms with Gasteiger partial charge in [-0.15, -0.1) is 0 Å². The second-order valence-corrected chi connectivity index (χ2v) is 7.12. The molecule has 24 heavy (non-hydrogen) atoms. The van der Waals surface area contributed by atoms with E-state index in [2.05, 4.69) is 10.5 Å². The second-order valence-electron chi connectivity index (χ2n) is 7.12. The average Bonchev–Trinajstić information content (AvgIpc) is 2.79. The Balaban J connectivity index is 1.79. The number of carbonyl (C=O) groups excluding carboxylic acids is 2. The lowest BCUT2D eigenvalue weighted by Gasteiger charge is -2.34. The number of esters is 1. The van der Waals surface area contributed by atoms with Gasteiger partial charge in [-0.25, -0.2) is 5.43 Å². The summed E-state index contributed by atoms with van der Waals surface area (Å²) in [5.41, 5.74) is 0.196. The first-order valence-electron chi connectivity index (χ1n) is 7.73.